The summed E-state index contributed by atoms with van der Waals surface area (Å²) < 4.78 is 84.0. The van der Waals surface area contributed by atoms with Crippen LogP contribution in [0.1, 0.15) is 96.2 Å². The number of para-hydroxylation sites is 1. The Hall–Kier alpha value is -13.1. The summed E-state index contributed by atoms with van der Waals surface area (Å²) >= 11 is 4.62. The summed E-state index contributed by atoms with van der Waals surface area (Å²) in [5, 5.41) is 29.1. The Labute approximate surface area is 688 Å². The van der Waals surface area contributed by atoms with Crippen LogP contribution in [0.25, 0.3) is 53.6 Å². The van der Waals surface area contributed by atoms with Gasteiger partial charge in [0.1, 0.15) is 25.1 Å². The molecule has 13 aromatic rings. The molecular formula is C91H68F4N10O11S3. The molecule has 2 aliphatic carbocycles. The van der Waals surface area contributed by atoms with Gasteiger partial charge in [-0.25, -0.2) is 32.2 Å². The molecule has 5 aromatic heterocycles. The van der Waals surface area contributed by atoms with Crippen LogP contribution >= 0.6 is 34.4 Å². The lowest BCUT2D eigenvalue weighted by Crippen LogP contribution is -2.66. The third-order valence-corrected chi connectivity index (χ3v) is 26.4. The zero-order chi connectivity index (χ0) is 81.2. The highest BCUT2D eigenvalue weighted by atomic mass is 32.2. The third-order valence-electron chi connectivity index (χ3n) is 23.1. The van der Waals surface area contributed by atoms with E-state index in [4.69, 9.17) is 19.2 Å². The normalized spacial score (nSPS) is 18.8. The zero-order valence-electron chi connectivity index (χ0n) is 63.0. The molecule has 3 amide bonds. The van der Waals surface area contributed by atoms with Gasteiger partial charge in [0.2, 0.25) is 16.3 Å². The van der Waals surface area contributed by atoms with Gasteiger partial charge in [0.25, 0.3) is 17.7 Å². The van der Waals surface area contributed by atoms with Crippen molar-refractivity contribution in [1.29, 1.82) is 0 Å². The van der Waals surface area contributed by atoms with Crippen molar-refractivity contribution in [3.05, 3.63) is 341 Å². The number of carbonyl (C=O) groups excluding carboxylic acids is 3. The molecule has 28 heteroatoms. The summed E-state index contributed by atoms with van der Waals surface area (Å²) in [6, 6.07) is 62.5. The minimum absolute atomic E-state index is 0.0673. The van der Waals surface area contributed by atoms with Gasteiger partial charge in [-0.3, -0.25) is 48.1 Å². The van der Waals surface area contributed by atoms with Crippen LogP contribution in [0.2, 0.25) is 0 Å². The van der Waals surface area contributed by atoms with Crippen molar-refractivity contribution in [1.82, 2.24) is 28.7 Å². The number of fused-ring (bicyclic) bond motifs is 18. The number of pyridine rings is 3. The summed E-state index contributed by atoms with van der Waals surface area (Å²) in [6.45, 7) is 2.14. The molecule has 0 saturated carbocycles. The van der Waals surface area contributed by atoms with E-state index in [9.17, 15) is 43.4 Å². The lowest BCUT2D eigenvalue weighted by atomic mass is 9.91. The first-order chi connectivity index (χ1) is 58.1. The van der Waals surface area contributed by atoms with Crippen LogP contribution in [0, 0.1) is 23.3 Å². The van der Waals surface area contributed by atoms with Gasteiger partial charge < -0.3 is 39.1 Å². The molecule has 2 N–H and O–H groups in total. The lowest BCUT2D eigenvalue weighted by Gasteiger charge is -2.51. The fourth-order valence-corrected chi connectivity index (χ4v) is 20.9. The SMILES string of the molecule is O=C1c2c(O)c(=O)ccn2N([C@H]2c3ccccc3-c3sc(-c4ccccc4)cc3-c3c2ccc(F)c3F)[C@H]2COCCN12.O=C1c2c(O)c(=O)ccn2N([C@H]2c3ccccc3-c3sccc3-c3c2ccc(F)c3F)[C@H]2COCCN12.O=C1c2c(OCc3ccccc3)c(=O)ccn2N(C2=Nc3ccccc3Sc3ccccc32)C2CCCCN12. The number of halogens is 4. The number of aliphatic imine (C=N–C) groups is 1. The predicted molar refractivity (Wildman–Crippen MR) is 443 cm³/mol. The smallest absolute Gasteiger partial charge is 0.278 e. The number of ether oxygens (including phenoxy) is 3. The van der Waals surface area contributed by atoms with Crippen molar-refractivity contribution in [2.24, 2.45) is 4.99 Å². The van der Waals surface area contributed by atoms with Crippen molar-refractivity contribution < 1.29 is 56.4 Å². The summed E-state index contributed by atoms with van der Waals surface area (Å²) in [5.74, 6) is -5.55. The number of thiophene rings is 2. The first-order valence-corrected chi connectivity index (χ1v) is 41.2. The number of morpholine rings is 2. The second kappa shape index (κ2) is 30.1. The van der Waals surface area contributed by atoms with Crippen LogP contribution in [0.3, 0.4) is 0 Å². The number of aromatic nitrogens is 3. The summed E-state index contributed by atoms with van der Waals surface area (Å²) in [7, 11) is 0. The standard InChI is InChI=1S/C33H23F2N3O4S.C31H26N4O3S.C27H19F2N3O4S/c34-23-11-10-21-27(28(23)35)22-16-25(18-6-2-1-3-7-18)43-32(22)20-9-5-4-8-19(20)29(21)38-26-17-42-15-14-36(26)33(41)30-31(40)24(39)12-13-37(30)38;36-24-17-19-34-28(29(24)38-20-21-10-2-1-3-11-21)31(37)33-18-9-8-16-27(33)35(34)30-22-12-4-6-14-25(22)39-26-15-7-5-13-23(26)32-30;28-18-6-5-16-21(22(18)29)17-8-12-37-26(17)15-4-2-1-3-14(15)23(16)32-20-13-36-11-10-30(20)27(35)24-25(34)19(33)7-9-31(24)32/h1-13,16,26,29,40H,14-15,17H2;1-7,10-15,17,19,27H,8-9,16,18,20H2;1-9,12,20,23,34H,10-11,13H2/t26-,29-;;20-,23-/m0.0/s1. The molecule has 1 unspecified atom stereocenters. The van der Waals surface area contributed by atoms with E-state index in [-0.39, 0.29) is 91.0 Å². The monoisotopic (exact) mass is 1650 g/mol. The van der Waals surface area contributed by atoms with E-state index >= 15 is 13.2 Å². The summed E-state index contributed by atoms with van der Waals surface area (Å²) in [4.78, 5) is 94.0. The molecule has 8 aromatic carbocycles. The predicted octanol–water partition coefficient (Wildman–Crippen LogP) is 15.4. The number of hydrogen-bond acceptors (Lipinski definition) is 18. The van der Waals surface area contributed by atoms with Gasteiger partial charge >= 0.3 is 0 Å². The number of amides is 3. The van der Waals surface area contributed by atoms with Gasteiger partial charge in [0, 0.05) is 109 Å². The molecule has 0 spiro atoms. The van der Waals surface area contributed by atoms with Gasteiger partial charge in [0.15, 0.2) is 63.4 Å². The number of carbonyl (C=O) groups is 3. The van der Waals surface area contributed by atoms with E-state index in [0.29, 0.717) is 35.4 Å². The average molecular weight is 1650 g/mol. The van der Waals surface area contributed by atoms with Crippen molar-refractivity contribution in [2.75, 3.05) is 61.1 Å². The Balaban J connectivity index is 0.000000115. The van der Waals surface area contributed by atoms with Gasteiger partial charge in [-0.05, 0) is 112 Å². The molecule has 3 fully saturated rings. The Morgan fingerprint density at radius 2 is 0.992 bits per heavy atom. The van der Waals surface area contributed by atoms with E-state index in [2.05, 4.69) is 23.2 Å². The Morgan fingerprint density at radius 1 is 0.471 bits per heavy atom. The highest BCUT2D eigenvalue weighted by Gasteiger charge is 2.51. The number of nitrogens with zero attached hydrogens (tertiary/aromatic N) is 10. The largest absolute Gasteiger partial charge is 0.502 e. The maximum absolute atomic E-state index is 16.2. The topological polar surface area (TPSA) is 217 Å². The van der Waals surface area contributed by atoms with Crippen molar-refractivity contribution in [2.45, 2.75) is 66.2 Å². The van der Waals surface area contributed by atoms with Crippen LogP contribution in [0.15, 0.2) is 265 Å². The molecule has 0 bridgehead atoms. The first-order valence-electron chi connectivity index (χ1n) is 38.7. The molecule has 594 valence electrons. The molecule has 5 atom stereocenters. The van der Waals surface area contributed by atoms with Crippen molar-refractivity contribution in [3.63, 3.8) is 0 Å². The lowest BCUT2D eigenvalue weighted by molar-refractivity contribution is -0.0197. The van der Waals surface area contributed by atoms with Crippen LogP contribution in [0.4, 0.5) is 23.2 Å². The quantitative estimate of drug-likeness (QED) is 0.148. The summed E-state index contributed by atoms with van der Waals surface area (Å²) in [6.07, 6.45) is 5.75. The fraction of sp³-hybridized carbons (Fsp3) is 0.176. The minimum Gasteiger partial charge on any atom is -0.502 e. The Kier molecular flexibility index (Phi) is 18.9. The molecule has 22 rings (SSSR count). The molecule has 0 radical (unpaired) electrons. The average Bonchev–Trinajstić information content (AvgIpc) is 1.69. The van der Waals surface area contributed by atoms with Crippen LogP contribution in [0.5, 0.6) is 17.2 Å². The molecule has 7 aliphatic heterocycles. The van der Waals surface area contributed by atoms with E-state index in [1.54, 1.807) is 50.6 Å². The van der Waals surface area contributed by atoms with Gasteiger partial charge in [-0.2, -0.15) is 0 Å². The summed E-state index contributed by atoms with van der Waals surface area (Å²) in [5.41, 5.74) is 7.61. The van der Waals surface area contributed by atoms with Crippen molar-refractivity contribution in [3.8, 4) is 70.8 Å². The number of hydrogen-bond donors (Lipinski definition) is 2. The molecule has 3 saturated heterocycles. The van der Waals surface area contributed by atoms with Crippen LogP contribution in [-0.4, -0.2) is 127 Å². The number of aromatic hydroxyl groups is 2. The van der Waals surface area contributed by atoms with Crippen LogP contribution < -0.4 is 36.0 Å². The zero-order valence-corrected chi connectivity index (χ0v) is 65.4. The molecule has 12 heterocycles. The van der Waals surface area contributed by atoms with E-state index in [0.717, 1.165) is 106 Å². The van der Waals surface area contributed by atoms with E-state index in [1.165, 1.54) is 62.6 Å². The van der Waals surface area contributed by atoms with Crippen molar-refractivity contribution >= 4 is 63.7 Å². The van der Waals surface area contributed by atoms with Gasteiger partial charge in [-0.1, -0.05) is 163 Å². The Bertz CT molecular complexity index is 6580. The highest BCUT2D eigenvalue weighted by molar-refractivity contribution is 7.99. The Morgan fingerprint density at radius 3 is 1.62 bits per heavy atom. The molecule has 21 nitrogen and oxygen atoms in total. The number of benzene rings is 8. The second-order valence-corrected chi connectivity index (χ2v) is 32.7. The number of rotatable bonds is 6. The maximum Gasteiger partial charge on any atom is 0.278 e. The molecule has 119 heavy (non-hydrogen) atoms. The van der Waals surface area contributed by atoms with Gasteiger partial charge in [-0.15, -0.1) is 22.7 Å². The third kappa shape index (κ3) is 12.3. The number of amidine groups is 1. The van der Waals surface area contributed by atoms with Crippen LogP contribution in [-0.2, 0) is 16.1 Å². The van der Waals surface area contributed by atoms with E-state index in [1.807, 2.05) is 166 Å². The minimum atomic E-state index is -0.972. The van der Waals surface area contributed by atoms with E-state index < -0.39 is 81.9 Å². The second-order valence-electron chi connectivity index (χ2n) is 29.6. The molecular weight excluding hydrogens is 1580 g/mol. The number of piperidine rings is 1. The maximum atomic E-state index is 16.2. The fourth-order valence-electron chi connectivity index (χ4n) is 17.7. The molecule has 9 aliphatic rings. The van der Waals surface area contributed by atoms with Gasteiger partial charge in [0.05, 0.1) is 44.2 Å². The highest BCUT2D eigenvalue weighted by Crippen LogP contribution is 2.55. The first kappa shape index (κ1) is 74.7.